The highest BCUT2D eigenvalue weighted by Gasteiger charge is 2.11. The summed E-state index contributed by atoms with van der Waals surface area (Å²) in [7, 11) is 4.94. The zero-order valence-corrected chi connectivity index (χ0v) is 18.6. The molecule has 2 aromatic rings. The van der Waals surface area contributed by atoms with Crippen molar-refractivity contribution in [1.29, 1.82) is 0 Å². The third kappa shape index (κ3) is 6.63. The number of benzene rings is 2. The lowest BCUT2D eigenvalue weighted by Crippen LogP contribution is -2.13. The third-order valence-electron chi connectivity index (χ3n) is 3.72. The van der Waals surface area contributed by atoms with Crippen LogP contribution in [0.4, 0.5) is 0 Å². The SMILES string of the molecule is CC.CCOc1c(Br)cc(CNCc2ccc(OC)cc2OC)cc1OC. The van der Waals surface area contributed by atoms with Crippen LogP contribution in [0.25, 0.3) is 0 Å². The van der Waals surface area contributed by atoms with Crippen LogP contribution in [0.15, 0.2) is 34.8 Å². The van der Waals surface area contributed by atoms with Gasteiger partial charge in [-0.2, -0.15) is 0 Å². The van der Waals surface area contributed by atoms with Gasteiger partial charge in [0.05, 0.1) is 32.4 Å². The van der Waals surface area contributed by atoms with Gasteiger partial charge >= 0.3 is 0 Å². The predicted octanol–water partition coefficient (Wildman–Crippen LogP) is 5.19. The molecule has 0 amide bonds. The molecular weight excluding hydrogens is 410 g/mol. The number of hydrogen-bond acceptors (Lipinski definition) is 5. The van der Waals surface area contributed by atoms with Crippen LogP contribution in [0, 0.1) is 0 Å². The van der Waals surface area contributed by atoms with E-state index in [1.165, 1.54) is 0 Å². The van der Waals surface area contributed by atoms with Crippen LogP contribution >= 0.6 is 15.9 Å². The summed E-state index contributed by atoms with van der Waals surface area (Å²) in [6, 6.07) is 9.82. The monoisotopic (exact) mass is 439 g/mol. The lowest BCUT2D eigenvalue weighted by molar-refractivity contribution is 0.308. The average molecular weight is 440 g/mol. The molecule has 150 valence electrons. The molecule has 0 bridgehead atoms. The minimum Gasteiger partial charge on any atom is -0.497 e. The van der Waals surface area contributed by atoms with Gasteiger partial charge in [-0.25, -0.2) is 0 Å². The lowest BCUT2D eigenvalue weighted by atomic mass is 10.1. The van der Waals surface area contributed by atoms with Gasteiger partial charge in [0.15, 0.2) is 11.5 Å². The average Bonchev–Trinajstić information content (AvgIpc) is 2.71. The van der Waals surface area contributed by atoms with Crippen LogP contribution in [0.1, 0.15) is 31.9 Å². The molecule has 2 aromatic carbocycles. The predicted molar refractivity (Wildman–Crippen MR) is 113 cm³/mol. The van der Waals surface area contributed by atoms with Gasteiger partial charge in [-0.05, 0) is 46.6 Å². The summed E-state index contributed by atoms with van der Waals surface area (Å²) < 4.78 is 22.6. The molecule has 0 fully saturated rings. The molecule has 0 radical (unpaired) electrons. The maximum Gasteiger partial charge on any atom is 0.175 e. The second-order valence-corrected chi connectivity index (χ2v) is 6.18. The Morgan fingerprint density at radius 2 is 1.59 bits per heavy atom. The van der Waals surface area contributed by atoms with Crippen molar-refractivity contribution < 1.29 is 18.9 Å². The van der Waals surface area contributed by atoms with Crippen molar-refractivity contribution in [2.45, 2.75) is 33.9 Å². The molecule has 0 unspecified atom stereocenters. The molecule has 0 saturated heterocycles. The largest absolute Gasteiger partial charge is 0.497 e. The van der Waals surface area contributed by atoms with E-state index in [4.69, 9.17) is 18.9 Å². The van der Waals surface area contributed by atoms with Crippen LogP contribution in [0.3, 0.4) is 0 Å². The summed E-state index contributed by atoms with van der Waals surface area (Å²) in [5.74, 6) is 3.03. The molecule has 27 heavy (non-hydrogen) atoms. The highest BCUT2D eigenvalue weighted by atomic mass is 79.9. The fourth-order valence-corrected chi connectivity index (χ4v) is 3.10. The van der Waals surface area contributed by atoms with E-state index in [1.807, 2.05) is 51.1 Å². The minimum atomic E-state index is 0.587. The van der Waals surface area contributed by atoms with Crippen LogP contribution < -0.4 is 24.3 Å². The Morgan fingerprint density at radius 3 is 2.19 bits per heavy atom. The first kappa shape index (κ1) is 23.1. The van der Waals surface area contributed by atoms with Gasteiger partial charge < -0.3 is 24.3 Å². The fourth-order valence-electron chi connectivity index (χ4n) is 2.50. The summed E-state index contributed by atoms with van der Waals surface area (Å²) in [4.78, 5) is 0. The van der Waals surface area contributed by atoms with Gasteiger partial charge in [0, 0.05) is 24.7 Å². The molecule has 2 rings (SSSR count). The van der Waals surface area contributed by atoms with Gasteiger partial charge in [0.25, 0.3) is 0 Å². The van der Waals surface area contributed by atoms with Gasteiger partial charge in [0.2, 0.25) is 0 Å². The van der Waals surface area contributed by atoms with Crippen molar-refractivity contribution in [3.63, 3.8) is 0 Å². The highest BCUT2D eigenvalue weighted by molar-refractivity contribution is 9.10. The first-order valence-electron chi connectivity index (χ1n) is 9.03. The maximum absolute atomic E-state index is 5.62. The van der Waals surface area contributed by atoms with Crippen LogP contribution in [0.5, 0.6) is 23.0 Å². The second kappa shape index (κ2) is 12.5. The number of halogens is 1. The Morgan fingerprint density at radius 1 is 0.889 bits per heavy atom. The van der Waals surface area contributed by atoms with Crippen LogP contribution in [0.2, 0.25) is 0 Å². The molecule has 6 heteroatoms. The normalized spacial score (nSPS) is 9.89. The Bertz CT molecular complexity index is 707. The lowest BCUT2D eigenvalue weighted by Gasteiger charge is -2.14. The summed E-state index contributed by atoms with van der Waals surface area (Å²) in [6.07, 6.45) is 0. The summed E-state index contributed by atoms with van der Waals surface area (Å²) in [5.41, 5.74) is 2.17. The van der Waals surface area contributed by atoms with E-state index in [1.54, 1.807) is 21.3 Å². The second-order valence-electron chi connectivity index (χ2n) is 5.32. The molecule has 0 aliphatic rings. The van der Waals surface area contributed by atoms with E-state index in [-0.39, 0.29) is 0 Å². The maximum atomic E-state index is 5.62. The Balaban J connectivity index is 0.00000176. The molecule has 5 nitrogen and oxygen atoms in total. The van der Waals surface area contributed by atoms with E-state index in [0.29, 0.717) is 19.7 Å². The van der Waals surface area contributed by atoms with E-state index >= 15 is 0 Å². The molecule has 0 aromatic heterocycles. The van der Waals surface area contributed by atoms with Crippen LogP contribution in [-0.2, 0) is 13.1 Å². The van der Waals surface area contributed by atoms with E-state index in [2.05, 4.69) is 21.2 Å². The van der Waals surface area contributed by atoms with Gasteiger partial charge in [-0.15, -0.1) is 0 Å². The molecular formula is C21H30BrNO4. The molecule has 0 aliphatic heterocycles. The Kier molecular flexibility index (Phi) is 10.7. The summed E-state index contributed by atoms with van der Waals surface area (Å²) >= 11 is 3.55. The molecule has 0 atom stereocenters. The van der Waals surface area contributed by atoms with Crippen molar-refractivity contribution in [3.8, 4) is 23.0 Å². The van der Waals surface area contributed by atoms with Gasteiger partial charge in [-0.3, -0.25) is 0 Å². The fraction of sp³-hybridized carbons (Fsp3) is 0.429. The molecule has 0 heterocycles. The summed E-state index contributed by atoms with van der Waals surface area (Å²) in [6.45, 7) is 7.91. The third-order valence-corrected chi connectivity index (χ3v) is 4.31. The van der Waals surface area contributed by atoms with Crippen molar-refractivity contribution in [3.05, 3.63) is 45.9 Å². The summed E-state index contributed by atoms with van der Waals surface area (Å²) in [5, 5.41) is 3.42. The van der Waals surface area contributed by atoms with E-state index in [9.17, 15) is 0 Å². The first-order valence-corrected chi connectivity index (χ1v) is 9.83. The van der Waals surface area contributed by atoms with E-state index < -0.39 is 0 Å². The number of methoxy groups -OCH3 is 3. The van der Waals surface area contributed by atoms with Crippen molar-refractivity contribution in [2.24, 2.45) is 0 Å². The Labute approximate surface area is 171 Å². The van der Waals surface area contributed by atoms with Crippen molar-refractivity contribution >= 4 is 15.9 Å². The van der Waals surface area contributed by atoms with Crippen molar-refractivity contribution in [2.75, 3.05) is 27.9 Å². The van der Waals surface area contributed by atoms with Gasteiger partial charge in [0.1, 0.15) is 11.5 Å². The zero-order valence-electron chi connectivity index (χ0n) is 17.0. The molecule has 1 N–H and O–H groups in total. The number of rotatable bonds is 9. The zero-order chi connectivity index (χ0) is 20.2. The number of ether oxygens (including phenoxy) is 4. The number of nitrogens with one attached hydrogen (secondary N) is 1. The minimum absolute atomic E-state index is 0.587. The molecule has 0 saturated carbocycles. The Hall–Kier alpha value is -1.92. The molecule has 0 spiro atoms. The topological polar surface area (TPSA) is 49.0 Å². The van der Waals surface area contributed by atoms with Crippen molar-refractivity contribution in [1.82, 2.24) is 5.32 Å². The standard InChI is InChI=1S/C19H24BrNO4.C2H6/c1-5-25-19-16(20)8-13(9-18(19)24-4)11-21-12-14-6-7-15(22-2)10-17(14)23-3;1-2/h6-10,21H,5,11-12H2,1-4H3;1-2H3. The quantitative estimate of drug-likeness (QED) is 0.582. The van der Waals surface area contributed by atoms with Crippen LogP contribution in [-0.4, -0.2) is 27.9 Å². The smallest absolute Gasteiger partial charge is 0.175 e. The first-order chi connectivity index (χ1) is 13.1. The highest BCUT2D eigenvalue weighted by Crippen LogP contribution is 2.36. The van der Waals surface area contributed by atoms with E-state index in [0.717, 1.165) is 38.6 Å². The molecule has 0 aliphatic carbocycles. The van der Waals surface area contributed by atoms with Gasteiger partial charge in [-0.1, -0.05) is 19.9 Å². The number of hydrogen-bond donors (Lipinski definition) is 1.